The largest absolute Gasteiger partial charge is 0.467 e. The van der Waals surface area contributed by atoms with Gasteiger partial charge in [0.25, 0.3) is 0 Å². The standard InChI is InChI=1S/C28H39N5O6/c1-27(2,3)38-25(34)33(26(35)39-28(4,5)6)24-22(32-15-18-12-13-19(16-32)29-18)14-21(30-31-24)20-10-8-9-11-23(20)37-17-36-7/h8-11,14,18-19,29H,12-13,15-17H2,1-7H3. The van der Waals surface area contributed by atoms with Crippen LogP contribution in [0.25, 0.3) is 11.3 Å². The predicted molar refractivity (Wildman–Crippen MR) is 147 cm³/mol. The molecule has 4 rings (SSSR count). The van der Waals surface area contributed by atoms with Crippen molar-refractivity contribution in [1.29, 1.82) is 0 Å². The van der Waals surface area contributed by atoms with Crippen LogP contribution in [0.5, 0.6) is 5.75 Å². The molecule has 0 saturated carbocycles. The summed E-state index contributed by atoms with van der Waals surface area (Å²) in [4.78, 5) is 29.9. The van der Waals surface area contributed by atoms with Gasteiger partial charge in [-0.3, -0.25) is 0 Å². The number of ether oxygens (including phenoxy) is 4. The summed E-state index contributed by atoms with van der Waals surface area (Å²) in [6.45, 7) is 11.9. The molecule has 0 aliphatic carbocycles. The Bertz CT molecular complexity index is 1150. The van der Waals surface area contributed by atoms with E-state index in [1.165, 1.54) is 0 Å². The van der Waals surface area contributed by atoms with Crippen LogP contribution in [0.3, 0.4) is 0 Å². The number of para-hydroxylation sites is 1. The highest BCUT2D eigenvalue weighted by Gasteiger charge is 2.39. The third-order valence-corrected chi connectivity index (χ3v) is 6.17. The summed E-state index contributed by atoms with van der Waals surface area (Å²) < 4.78 is 22.1. The number of hydrogen-bond acceptors (Lipinski definition) is 10. The molecule has 1 N–H and O–H groups in total. The van der Waals surface area contributed by atoms with Gasteiger partial charge in [-0.25, -0.2) is 9.59 Å². The van der Waals surface area contributed by atoms with Gasteiger partial charge in [-0.05, 0) is 72.6 Å². The summed E-state index contributed by atoms with van der Waals surface area (Å²) in [6, 6.07) is 9.86. The minimum Gasteiger partial charge on any atom is -0.467 e. The smallest absolute Gasteiger partial charge is 0.425 e. The molecule has 2 amide bonds. The van der Waals surface area contributed by atoms with E-state index in [-0.39, 0.29) is 12.6 Å². The fourth-order valence-corrected chi connectivity index (χ4v) is 4.68. The summed E-state index contributed by atoms with van der Waals surface area (Å²) in [5.74, 6) is 0.628. The topological polar surface area (TPSA) is 115 Å². The second-order valence-electron chi connectivity index (χ2n) is 11.8. The lowest BCUT2D eigenvalue weighted by Gasteiger charge is -2.36. The number of anilines is 2. The van der Waals surface area contributed by atoms with Crippen molar-refractivity contribution >= 4 is 23.7 Å². The number of rotatable bonds is 6. The van der Waals surface area contributed by atoms with E-state index in [4.69, 9.17) is 18.9 Å². The number of hydrogen-bond donors (Lipinski definition) is 1. The molecule has 2 unspecified atom stereocenters. The molecule has 3 heterocycles. The van der Waals surface area contributed by atoms with E-state index in [9.17, 15) is 9.59 Å². The Morgan fingerprint density at radius 2 is 1.56 bits per heavy atom. The van der Waals surface area contributed by atoms with Gasteiger partial charge in [0.1, 0.15) is 17.0 Å². The molecule has 1 aromatic heterocycles. The van der Waals surface area contributed by atoms with Gasteiger partial charge in [0.2, 0.25) is 0 Å². The van der Waals surface area contributed by atoms with E-state index in [2.05, 4.69) is 20.4 Å². The SMILES string of the molecule is COCOc1ccccc1-c1cc(N2CC3CCC(C2)N3)c(N(C(=O)OC(C)(C)C)C(=O)OC(C)(C)C)nn1. The van der Waals surface area contributed by atoms with E-state index in [1.54, 1.807) is 48.7 Å². The van der Waals surface area contributed by atoms with Crippen LogP contribution in [0.4, 0.5) is 21.1 Å². The van der Waals surface area contributed by atoms with Crippen LogP contribution in [0, 0.1) is 0 Å². The normalized spacial score (nSPS) is 19.0. The molecule has 0 spiro atoms. The Balaban J connectivity index is 1.84. The first kappa shape index (κ1) is 28.6. The quantitative estimate of drug-likeness (QED) is 0.514. The van der Waals surface area contributed by atoms with Crippen LogP contribution in [-0.2, 0) is 14.2 Å². The highest BCUT2D eigenvalue weighted by Crippen LogP contribution is 2.37. The number of imide groups is 1. The zero-order valence-corrected chi connectivity index (χ0v) is 23.8. The molecule has 1 aromatic carbocycles. The summed E-state index contributed by atoms with van der Waals surface area (Å²) in [5, 5.41) is 12.5. The summed E-state index contributed by atoms with van der Waals surface area (Å²) in [5.41, 5.74) is 0.109. The van der Waals surface area contributed by atoms with Crippen LogP contribution >= 0.6 is 0 Å². The lowest BCUT2D eigenvalue weighted by atomic mass is 10.1. The molecule has 2 bridgehead atoms. The Hall–Kier alpha value is -3.44. The van der Waals surface area contributed by atoms with Gasteiger partial charge in [0.05, 0.1) is 11.4 Å². The lowest BCUT2D eigenvalue weighted by molar-refractivity contribution is 0.0428. The van der Waals surface area contributed by atoms with E-state index >= 15 is 0 Å². The van der Waals surface area contributed by atoms with Crippen LogP contribution < -0.4 is 19.9 Å². The first-order valence-electron chi connectivity index (χ1n) is 13.2. The summed E-state index contributed by atoms with van der Waals surface area (Å²) >= 11 is 0. The number of carbonyl (C=O) groups is 2. The van der Waals surface area contributed by atoms with Crippen molar-refractivity contribution in [2.45, 2.75) is 77.7 Å². The third kappa shape index (κ3) is 7.15. The molecular formula is C28H39N5O6. The van der Waals surface area contributed by atoms with E-state index < -0.39 is 23.4 Å². The number of benzene rings is 1. The van der Waals surface area contributed by atoms with Gasteiger partial charge in [-0.1, -0.05) is 12.1 Å². The van der Waals surface area contributed by atoms with Crippen molar-refractivity contribution < 1.29 is 28.5 Å². The molecule has 2 atom stereocenters. The maximum absolute atomic E-state index is 13.5. The second-order valence-corrected chi connectivity index (χ2v) is 11.8. The maximum Gasteiger partial charge on any atom is 0.425 e. The van der Waals surface area contributed by atoms with Crippen molar-refractivity contribution in [2.24, 2.45) is 0 Å². The lowest BCUT2D eigenvalue weighted by Crippen LogP contribution is -2.52. The van der Waals surface area contributed by atoms with Gasteiger partial charge in [0.15, 0.2) is 12.6 Å². The molecule has 2 aliphatic rings. The fraction of sp³-hybridized carbons (Fsp3) is 0.571. The zero-order chi connectivity index (χ0) is 28.4. The van der Waals surface area contributed by atoms with E-state index in [0.717, 1.165) is 17.7 Å². The second kappa shape index (κ2) is 11.4. The molecule has 212 valence electrons. The highest BCUT2D eigenvalue weighted by atomic mass is 16.7. The van der Waals surface area contributed by atoms with Crippen LogP contribution in [0.15, 0.2) is 30.3 Å². The number of methoxy groups -OCH3 is 1. The van der Waals surface area contributed by atoms with Gasteiger partial charge >= 0.3 is 12.2 Å². The number of aromatic nitrogens is 2. The molecule has 39 heavy (non-hydrogen) atoms. The third-order valence-electron chi connectivity index (χ3n) is 6.17. The molecular weight excluding hydrogens is 502 g/mol. The van der Waals surface area contributed by atoms with Crippen molar-refractivity contribution in [3.05, 3.63) is 30.3 Å². The van der Waals surface area contributed by atoms with Crippen molar-refractivity contribution in [2.75, 3.05) is 36.8 Å². The van der Waals surface area contributed by atoms with Gasteiger partial charge < -0.3 is 29.2 Å². The molecule has 2 fully saturated rings. The molecule has 2 aromatic rings. The van der Waals surface area contributed by atoms with Crippen LogP contribution in [0.1, 0.15) is 54.4 Å². The maximum atomic E-state index is 13.5. The molecule has 2 aliphatic heterocycles. The predicted octanol–water partition coefficient (Wildman–Crippen LogP) is 4.74. The molecule has 11 heteroatoms. The highest BCUT2D eigenvalue weighted by molar-refractivity contribution is 6.11. The zero-order valence-electron chi connectivity index (χ0n) is 23.8. The van der Waals surface area contributed by atoms with E-state index in [0.29, 0.717) is 47.9 Å². The molecule has 0 radical (unpaired) electrons. The fourth-order valence-electron chi connectivity index (χ4n) is 4.68. The van der Waals surface area contributed by atoms with Gasteiger partial charge in [-0.2, -0.15) is 4.90 Å². The van der Waals surface area contributed by atoms with Crippen molar-refractivity contribution in [3.8, 4) is 17.0 Å². The Kier molecular flexibility index (Phi) is 8.31. The number of piperazine rings is 1. The Morgan fingerprint density at radius 3 is 2.13 bits per heavy atom. The number of nitrogens with one attached hydrogen (secondary N) is 1. The van der Waals surface area contributed by atoms with Crippen LogP contribution in [-0.4, -0.2) is 72.7 Å². The van der Waals surface area contributed by atoms with E-state index in [1.807, 2.05) is 30.3 Å². The molecule has 11 nitrogen and oxygen atoms in total. The summed E-state index contributed by atoms with van der Waals surface area (Å²) in [7, 11) is 1.55. The number of carbonyl (C=O) groups excluding carboxylic acids is 2. The first-order valence-corrected chi connectivity index (χ1v) is 13.2. The number of fused-ring (bicyclic) bond motifs is 2. The van der Waals surface area contributed by atoms with Gasteiger partial charge in [-0.15, -0.1) is 10.2 Å². The van der Waals surface area contributed by atoms with Crippen molar-refractivity contribution in [3.63, 3.8) is 0 Å². The number of amides is 2. The monoisotopic (exact) mass is 541 g/mol. The minimum atomic E-state index is -0.887. The van der Waals surface area contributed by atoms with Crippen LogP contribution in [0.2, 0.25) is 0 Å². The average molecular weight is 542 g/mol. The average Bonchev–Trinajstić information content (AvgIpc) is 3.18. The van der Waals surface area contributed by atoms with Gasteiger partial charge in [0, 0.05) is 37.8 Å². The first-order chi connectivity index (χ1) is 18.3. The Labute approximate surface area is 229 Å². The minimum absolute atomic E-state index is 0.0545. The van der Waals surface area contributed by atoms with Crippen molar-refractivity contribution in [1.82, 2.24) is 15.5 Å². The Morgan fingerprint density at radius 1 is 0.974 bits per heavy atom. The molecule has 2 saturated heterocycles. The summed E-state index contributed by atoms with van der Waals surface area (Å²) in [6.07, 6.45) is 0.332. The number of nitrogens with zero attached hydrogens (tertiary/aromatic N) is 4.